The first-order valence-electron chi connectivity index (χ1n) is 10.6. The van der Waals surface area contributed by atoms with Crippen molar-refractivity contribution >= 4 is 17.3 Å². The molecule has 0 spiro atoms. The number of halogens is 1. The van der Waals surface area contributed by atoms with Gasteiger partial charge in [0.1, 0.15) is 29.7 Å². The molecular formula is C26H20FN5O2. The van der Waals surface area contributed by atoms with E-state index >= 15 is 0 Å². The van der Waals surface area contributed by atoms with E-state index in [0.717, 1.165) is 16.8 Å². The van der Waals surface area contributed by atoms with Gasteiger partial charge in [-0.25, -0.2) is 4.39 Å². The number of amides is 1. The number of nitrogens with one attached hydrogen (secondary N) is 3. The van der Waals surface area contributed by atoms with Gasteiger partial charge in [0.2, 0.25) is 0 Å². The first kappa shape index (κ1) is 21.1. The van der Waals surface area contributed by atoms with Crippen LogP contribution in [0.2, 0.25) is 0 Å². The summed E-state index contributed by atoms with van der Waals surface area (Å²) >= 11 is 0. The average Bonchev–Trinajstić information content (AvgIpc) is 3.07. The van der Waals surface area contributed by atoms with Gasteiger partial charge in [-0.3, -0.25) is 14.8 Å². The molecule has 0 aliphatic carbocycles. The number of rotatable bonds is 5. The highest BCUT2D eigenvalue weighted by molar-refractivity contribution is 6.47. The van der Waals surface area contributed by atoms with Gasteiger partial charge in [-0.15, -0.1) is 0 Å². The van der Waals surface area contributed by atoms with Crippen molar-refractivity contribution in [1.82, 2.24) is 15.6 Å². The van der Waals surface area contributed by atoms with Crippen LogP contribution in [0.15, 0.2) is 108 Å². The van der Waals surface area contributed by atoms with Gasteiger partial charge in [-0.2, -0.15) is 0 Å². The number of benzene rings is 2. The van der Waals surface area contributed by atoms with E-state index in [-0.39, 0.29) is 12.4 Å². The average molecular weight is 453 g/mol. The van der Waals surface area contributed by atoms with Gasteiger partial charge in [-0.1, -0.05) is 24.3 Å². The van der Waals surface area contributed by atoms with Gasteiger partial charge in [0.15, 0.2) is 0 Å². The summed E-state index contributed by atoms with van der Waals surface area (Å²) in [6, 6.07) is 17.1. The third kappa shape index (κ3) is 4.71. The zero-order chi connectivity index (χ0) is 23.3. The quantitative estimate of drug-likeness (QED) is 0.524. The molecule has 1 amide bonds. The standard InChI is InChI=1S/C26H20FN5O2/c27-19-8-9-28-14-20(12-19)32-26(33)25-23-11-17(6-7-24(23)30-16-31-25)18-10-22(15-29-13-18)34-21-4-2-1-3-5-21/h1-15,28,30H,16H2,(H,32,33). The van der Waals surface area contributed by atoms with Crippen LogP contribution in [0.4, 0.5) is 10.1 Å². The van der Waals surface area contributed by atoms with Crippen LogP contribution in [0.1, 0.15) is 5.56 Å². The lowest BCUT2D eigenvalue weighted by atomic mass is 9.98. The summed E-state index contributed by atoms with van der Waals surface area (Å²) in [4.78, 5) is 21.7. The molecule has 8 heteroatoms. The van der Waals surface area contributed by atoms with Crippen molar-refractivity contribution in [3.8, 4) is 22.6 Å². The smallest absolute Gasteiger partial charge is 0.274 e. The van der Waals surface area contributed by atoms with Crippen molar-refractivity contribution in [2.45, 2.75) is 0 Å². The molecule has 0 unspecified atom stereocenters. The van der Waals surface area contributed by atoms with Crippen molar-refractivity contribution in [1.29, 1.82) is 0 Å². The Labute approximate surface area is 195 Å². The molecule has 3 heterocycles. The number of para-hydroxylation sites is 1. The van der Waals surface area contributed by atoms with Crippen molar-refractivity contribution in [2.75, 3.05) is 12.0 Å². The Morgan fingerprint density at radius 3 is 2.79 bits per heavy atom. The number of allylic oxidation sites excluding steroid dienone is 3. The largest absolute Gasteiger partial charge is 0.456 e. The third-order valence-corrected chi connectivity index (χ3v) is 5.15. The Morgan fingerprint density at radius 2 is 1.91 bits per heavy atom. The molecule has 2 aliphatic heterocycles. The van der Waals surface area contributed by atoms with Crippen molar-refractivity contribution in [3.63, 3.8) is 0 Å². The first-order chi connectivity index (χ1) is 16.7. The lowest BCUT2D eigenvalue weighted by Gasteiger charge is -2.19. The number of hydrogen-bond donors (Lipinski definition) is 3. The number of carbonyl (C=O) groups excluding carboxylic acids is 1. The highest BCUT2D eigenvalue weighted by Crippen LogP contribution is 2.30. The monoisotopic (exact) mass is 453 g/mol. The van der Waals surface area contributed by atoms with Crippen molar-refractivity contribution in [3.05, 3.63) is 109 Å². The number of fused-ring (bicyclic) bond motifs is 1. The summed E-state index contributed by atoms with van der Waals surface area (Å²) in [5.41, 5.74) is 3.65. The van der Waals surface area contributed by atoms with Crippen molar-refractivity contribution < 1.29 is 13.9 Å². The predicted octanol–water partition coefficient (Wildman–Crippen LogP) is 4.64. The van der Waals surface area contributed by atoms with Gasteiger partial charge in [0.25, 0.3) is 5.91 Å². The SMILES string of the molecule is O=C(NC1=CNC=CC(F)=C1)C1=NCNc2ccc(-c3cncc(Oc4ccccc4)c3)cc21. The normalized spacial score (nSPS) is 14.3. The second-order valence-electron chi connectivity index (χ2n) is 7.51. The van der Waals surface area contributed by atoms with Gasteiger partial charge >= 0.3 is 0 Å². The van der Waals surface area contributed by atoms with Crippen LogP contribution in [0, 0.1) is 0 Å². The fraction of sp³-hybridized carbons (Fsp3) is 0.0385. The topological polar surface area (TPSA) is 87.6 Å². The molecule has 3 N–H and O–H groups in total. The Morgan fingerprint density at radius 1 is 1.03 bits per heavy atom. The molecule has 34 heavy (non-hydrogen) atoms. The Balaban J connectivity index is 1.41. The number of carbonyl (C=O) groups is 1. The maximum absolute atomic E-state index is 13.7. The molecule has 5 rings (SSSR count). The van der Waals surface area contributed by atoms with Gasteiger partial charge in [0, 0.05) is 35.4 Å². The van der Waals surface area contributed by atoms with E-state index in [1.54, 1.807) is 12.4 Å². The maximum atomic E-state index is 13.7. The second kappa shape index (κ2) is 9.41. The Hall–Kier alpha value is -4.72. The van der Waals surface area contributed by atoms with E-state index in [1.165, 1.54) is 24.6 Å². The van der Waals surface area contributed by atoms with E-state index in [2.05, 4.69) is 25.9 Å². The molecule has 168 valence electrons. The molecule has 0 saturated heterocycles. The summed E-state index contributed by atoms with van der Waals surface area (Å²) in [6.45, 7) is 0.264. The molecule has 7 nitrogen and oxygen atoms in total. The van der Waals surface area contributed by atoms with Gasteiger partial charge in [-0.05, 0) is 48.0 Å². The fourth-order valence-corrected chi connectivity index (χ4v) is 3.58. The molecule has 0 radical (unpaired) electrons. The third-order valence-electron chi connectivity index (χ3n) is 5.15. The molecule has 2 aromatic carbocycles. The maximum Gasteiger partial charge on any atom is 0.274 e. The van der Waals surface area contributed by atoms with Crippen LogP contribution >= 0.6 is 0 Å². The van der Waals surface area contributed by atoms with Crippen molar-refractivity contribution in [2.24, 2.45) is 4.99 Å². The zero-order valence-electron chi connectivity index (χ0n) is 18.0. The van der Waals surface area contributed by atoms with Crippen LogP contribution in [0.3, 0.4) is 0 Å². The molecule has 2 aliphatic rings. The first-order valence-corrected chi connectivity index (χ1v) is 10.6. The lowest BCUT2D eigenvalue weighted by Crippen LogP contribution is -2.34. The summed E-state index contributed by atoms with van der Waals surface area (Å²) in [7, 11) is 0. The van der Waals surface area contributed by atoms with Crippen LogP contribution in [-0.2, 0) is 4.79 Å². The Kier molecular flexibility index (Phi) is 5.85. The number of anilines is 1. The van der Waals surface area contributed by atoms with E-state index in [0.29, 0.717) is 22.8 Å². The second-order valence-corrected chi connectivity index (χ2v) is 7.51. The van der Waals surface area contributed by atoms with Crippen LogP contribution in [0.5, 0.6) is 11.5 Å². The van der Waals surface area contributed by atoms with E-state index < -0.39 is 11.7 Å². The fourth-order valence-electron chi connectivity index (χ4n) is 3.58. The molecule has 0 saturated carbocycles. The zero-order valence-corrected chi connectivity index (χ0v) is 18.0. The number of aliphatic imine (C=N–C) groups is 1. The minimum Gasteiger partial charge on any atom is -0.456 e. The van der Waals surface area contributed by atoms with E-state index in [4.69, 9.17) is 4.74 Å². The van der Waals surface area contributed by atoms with E-state index in [9.17, 15) is 9.18 Å². The number of pyridine rings is 1. The number of hydrogen-bond acceptors (Lipinski definition) is 6. The highest BCUT2D eigenvalue weighted by Gasteiger charge is 2.22. The summed E-state index contributed by atoms with van der Waals surface area (Å²) < 4.78 is 19.6. The molecular weight excluding hydrogens is 433 g/mol. The minimum absolute atomic E-state index is 0.257. The molecule has 0 atom stereocenters. The molecule has 1 aromatic heterocycles. The molecule has 0 bridgehead atoms. The summed E-state index contributed by atoms with van der Waals surface area (Å²) in [5, 5.41) is 8.67. The molecule has 3 aromatic rings. The Bertz CT molecular complexity index is 1360. The number of ether oxygens (including phenoxy) is 1. The summed E-state index contributed by atoms with van der Waals surface area (Å²) in [5.74, 6) is 0.404. The van der Waals surface area contributed by atoms with E-state index in [1.807, 2.05) is 54.6 Å². The van der Waals surface area contributed by atoms with Gasteiger partial charge in [0.05, 0.1) is 11.9 Å². The molecule has 0 fully saturated rings. The predicted molar refractivity (Wildman–Crippen MR) is 129 cm³/mol. The summed E-state index contributed by atoms with van der Waals surface area (Å²) in [6.07, 6.45) is 8.82. The van der Waals surface area contributed by atoms with Crippen LogP contribution in [-0.4, -0.2) is 23.3 Å². The highest BCUT2D eigenvalue weighted by atomic mass is 19.1. The lowest BCUT2D eigenvalue weighted by molar-refractivity contribution is -0.114. The number of nitrogens with zero attached hydrogens (tertiary/aromatic N) is 2. The van der Waals surface area contributed by atoms with Crippen LogP contribution in [0.25, 0.3) is 11.1 Å². The van der Waals surface area contributed by atoms with Crippen LogP contribution < -0.4 is 20.7 Å². The number of aromatic nitrogens is 1. The minimum atomic E-state index is -0.475. The van der Waals surface area contributed by atoms with Gasteiger partial charge < -0.3 is 20.7 Å².